The molecule has 1 aliphatic heterocycles. The Labute approximate surface area is 113 Å². The zero-order valence-electron chi connectivity index (χ0n) is 11.7. The zero-order chi connectivity index (χ0) is 14.6. The van der Waals surface area contributed by atoms with Gasteiger partial charge in [0, 0.05) is 38.2 Å². The second-order valence-electron chi connectivity index (χ2n) is 5.12. The molecule has 0 bridgehead atoms. The van der Waals surface area contributed by atoms with Crippen LogP contribution in [-0.4, -0.2) is 76.9 Å². The Hall–Kier alpha value is -1.34. The highest BCUT2D eigenvalue weighted by Gasteiger charge is 2.31. The Morgan fingerprint density at radius 1 is 1.32 bits per heavy atom. The van der Waals surface area contributed by atoms with Crippen molar-refractivity contribution in [3.8, 4) is 0 Å². The van der Waals surface area contributed by atoms with Gasteiger partial charge in [0.25, 0.3) is 0 Å². The second-order valence-corrected chi connectivity index (χ2v) is 5.12. The number of aliphatic hydroxyl groups is 1. The molecular weight excluding hydrogens is 250 g/mol. The van der Waals surface area contributed by atoms with Gasteiger partial charge in [-0.25, -0.2) is 9.59 Å². The summed E-state index contributed by atoms with van der Waals surface area (Å²) in [5.41, 5.74) is 0. The Morgan fingerprint density at radius 3 is 2.26 bits per heavy atom. The smallest absolute Gasteiger partial charge is 0.326 e. The zero-order valence-corrected chi connectivity index (χ0v) is 11.7. The third-order valence-electron chi connectivity index (χ3n) is 3.66. The highest BCUT2D eigenvalue weighted by molar-refractivity contribution is 5.82. The molecule has 1 rings (SSSR count). The number of aliphatic carboxylic acids is 1. The maximum atomic E-state index is 12.0. The molecule has 0 saturated carbocycles. The van der Waals surface area contributed by atoms with Crippen molar-refractivity contribution in [3.05, 3.63) is 0 Å². The minimum Gasteiger partial charge on any atom is -0.480 e. The van der Waals surface area contributed by atoms with Crippen molar-refractivity contribution in [2.24, 2.45) is 0 Å². The van der Waals surface area contributed by atoms with Gasteiger partial charge >= 0.3 is 12.0 Å². The van der Waals surface area contributed by atoms with Crippen LogP contribution in [0.25, 0.3) is 0 Å². The number of carbonyl (C=O) groups excluding carboxylic acids is 1. The second kappa shape index (κ2) is 6.72. The Kier molecular flexibility index (Phi) is 5.56. The lowest BCUT2D eigenvalue weighted by Crippen LogP contribution is -2.59. The summed E-state index contributed by atoms with van der Waals surface area (Å²) in [4.78, 5) is 26.8. The third-order valence-corrected chi connectivity index (χ3v) is 3.66. The van der Waals surface area contributed by atoms with Gasteiger partial charge in [0.15, 0.2) is 0 Å². The molecule has 1 fully saturated rings. The minimum atomic E-state index is -1.13. The summed E-state index contributed by atoms with van der Waals surface area (Å²) in [7, 11) is 2.01. The Balaban J connectivity index is 2.60. The summed E-state index contributed by atoms with van der Waals surface area (Å²) in [5.74, 6) is -1.13. The molecule has 19 heavy (non-hydrogen) atoms. The van der Waals surface area contributed by atoms with E-state index in [1.165, 1.54) is 0 Å². The van der Waals surface area contributed by atoms with E-state index in [9.17, 15) is 9.59 Å². The predicted molar refractivity (Wildman–Crippen MR) is 69.9 cm³/mol. The number of nitrogens with zero attached hydrogens (tertiary/aromatic N) is 2. The number of hydrogen-bond acceptors (Lipinski definition) is 4. The largest absolute Gasteiger partial charge is 0.480 e. The molecule has 2 unspecified atom stereocenters. The molecule has 0 aromatic carbocycles. The summed E-state index contributed by atoms with van der Waals surface area (Å²) in [6.07, 6.45) is 0.0138. The fourth-order valence-electron chi connectivity index (χ4n) is 2.20. The lowest BCUT2D eigenvalue weighted by Gasteiger charge is -2.42. The molecule has 1 heterocycles. The molecule has 1 saturated heterocycles. The first-order chi connectivity index (χ1) is 8.86. The number of urea groups is 1. The molecule has 1 aliphatic rings. The molecule has 0 spiro atoms. The van der Waals surface area contributed by atoms with Gasteiger partial charge < -0.3 is 20.4 Å². The number of amides is 2. The number of carboxylic acids is 1. The van der Waals surface area contributed by atoms with Crippen molar-refractivity contribution in [2.75, 3.05) is 26.7 Å². The van der Waals surface area contributed by atoms with E-state index in [1.807, 2.05) is 20.9 Å². The SMILES string of the molecule is CC1CN(C(=O)N[C@H](CCO)C(=O)O)CC(C)N1C. The van der Waals surface area contributed by atoms with Crippen LogP contribution >= 0.6 is 0 Å². The number of hydrogen-bond donors (Lipinski definition) is 3. The lowest BCUT2D eigenvalue weighted by atomic mass is 10.1. The highest BCUT2D eigenvalue weighted by Crippen LogP contribution is 2.13. The van der Waals surface area contributed by atoms with Crippen molar-refractivity contribution in [1.82, 2.24) is 15.1 Å². The molecular formula is C12H23N3O4. The molecule has 0 aromatic rings. The van der Waals surface area contributed by atoms with Gasteiger partial charge in [-0.3, -0.25) is 4.90 Å². The Bertz CT molecular complexity index is 325. The molecule has 110 valence electrons. The fourth-order valence-corrected chi connectivity index (χ4v) is 2.20. The summed E-state index contributed by atoms with van der Waals surface area (Å²) < 4.78 is 0. The summed E-state index contributed by atoms with van der Waals surface area (Å²) in [6, 6.07) is -0.957. The number of aliphatic hydroxyl groups excluding tert-OH is 1. The number of likely N-dealkylation sites (N-methyl/N-ethyl adjacent to an activating group) is 1. The minimum absolute atomic E-state index is 0.0138. The molecule has 0 aromatic heterocycles. The fraction of sp³-hybridized carbons (Fsp3) is 0.833. The molecule has 7 heteroatoms. The molecule has 0 radical (unpaired) electrons. The van der Waals surface area contributed by atoms with Gasteiger partial charge in [-0.1, -0.05) is 0 Å². The van der Waals surface area contributed by atoms with Crippen LogP contribution < -0.4 is 5.32 Å². The van der Waals surface area contributed by atoms with E-state index in [2.05, 4.69) is 10.2 Å². The first-order valence-electron chi connectivity index (χ1n) is 6.47. The number of carboxylic acid groups (broad SMARTS) is 1. The van der Waals surface area contributed by atoms with Crippen LogP contribution in [0.15, 0.2) is 0 Å². The maximum absolute atomic E-state index is 12.0. The first-order valence-corrected chi connectivity index (χ1v) is 6.47. The molecule has 3 N–H and O–H groups in total. The van der Waals surface area contributed by atoms with Gasteiger partial charge in [-0.15, -0.1) is 0 Å². The van der Waals surface area contributed by atoms with Crippen LogP contribution in [0.3, 0.4) is 0 Å². The van der Waals surface area contributed by atoms with Crippen LogP contribution in [-0.2, 0) is 4.79 Å². The van der Waals surface area contributed by atoms with E-state index < -0.39 is 12.0 Å². The standard InChI is InChI=1S/C12H23N3O4/c1-8-6-15(7-9(2)14(8)3)12(19)13-10(4-5-16)11(17)18/h8-10,16H,4-7H2,1-3H3,(H,13,19)(H,17,18)/t8?,9?,10-/m1/s1. The summed E-state index contributed by atoms with van der Waals surface area (Å²) in [6.45, 7) is 4.92. The first kappa shape index (κ1) is 15.7. The van der Waals surface area contributed by atoms with Gasteiger partial charge in [0.1, 0.15) is 6.04 Å². The normalized spacial score (nSPS) is 26.0. The van der Waals surface area contributed by atoms with Crippen LogP contribution in [0, 0.1) is 0 Å². The van der Waals surface area contributed by atoms with Crippen molar-refractivity contribution in [1.29, 1.82) is 0 Å². The van der Waals surface area contributed by atoms with Crippen molar-refractivity contribution < 1.29 is 19.8 Å². The van der Waals surface area contributed by atoms with E-state index in [-0.39, 0.29) is 31.1 Å². The van der Waals surface area contributed by atoms with Crippen LogP contribution in [0.2, 0.25) is 0 Å². The number of carbonyl (C=O) groups is 2. The van der Waals surface area contributed by atoms with E-state index in [4.69, 9.17) is 10.2 Å². The maximum Gasteiger partial charge on any atom is 0.326 e. The number of nitrogens with one attached hydrogen (secondary N) is 1. The average molecular weight is 273 g/mol. The topological polar surface area (TPSA) is 93.1 Å². The third kappa shape index (κ3) is 4.07. The van der Waals surface area contributed by atoms with E-state index in [0.717, 1.165) is 0 Å². The monoisotopic (exact) mass is 273 g/mol. The van der Waals surface area contributed by atoms with Gasteiger partial charge in [-0.2, -0.15) is 0 Å². The molecule has 7 nitrogen and oxygen atoms in total. The van der Waals surface area contributed by atoms with Gasteiger partial charge in [0.05, 0.1) is 0 Å². The quantitative estimate of drug-likeness (QED) is 0.645. The molecule has 3 atom stereocenters. The highest BCUT2D eigenvalue weighted by atomic mass is 16.4. The van der Waals surface area contributed by atoms with Crippen molar-refractivity contribution in [2.45, 2.75) is 38.4 Å². The van der Waals surface area contributed by atoms with Gasteiger partial charge in [-0.05, 0) is 20.9 Å². The van der Waals surface area contributed by atoms with Gasteiger partial charge in [0.2, 0.25) is 0 Å². The van der Waals surface area contributed by atoms with Crippen LogP contribution in [0.4, 0.5) is 4.79 Å². The van der Waals surface area contributed by atoms with Crippen LogP contribution in [0.5, 0.6) is 0 Å². The number of piperazine rings is 1. The average Bonchev–Trinajstić information content (AvgIpc) is 2.34. The Morgan fingerprint density at radius 2 is 1.84 bits per heavy atom. The summed E-state index contributed by atoms with van der Waals surface area (Å²) in [5, 5.41) is 20.2. The van der Waals surface area contributed by atoms with E-state index in [0.29, 0.717) is 13.1 Å². The lowest BCUT2D eigenvalue weighted by molar-refractivity contribution is -0.139. The molecule has 2 amide bonds. The number of rotatable bonds is 4. The van der Waals surface area contributed by atoms with E-state index >= 15 is 0 Å². The molecule has 0 aliphatic carbocycles. The predicted octanol–water partition coefficient (Wildman–Crippen LogP) is -0.444. The van der Waals surface area contributed by atoms with E-state index in [1.54, 1.807) is 4.90 Å². The summed E-state index contributed by atoms with van der Waals surface area (Å²) >= 11 is 0. The van der Waals surface area contributed by atoms with Crippen molar-refractivity contribution in [3.63, 3.8) is 0 Å². The van der Waals surface area contributed by atoms with Crippen LogP contribution in [0.1, 0.15) is 20.3 Å². The van der Waals surface area contributed by atoms with Crippen molar-refractivity contribution >= 4 is 12.0 Å².